The number of rotatable bonds is 4. The van der Waals surface area contributed by atoms with Crippen molar-refractivity contribution in [3.63, 3.8) is 0 Å². The molecule has 0 fully saturated rings. The molecule has 5 heteroatoms. The molecule has 0 bridgehead atoms. The number of aromatic nitrogens is 2. The number of ketones is 1. The summed E-state index contributed by atoms with van der Waals surface area (Å²) in [5.41, 5.74) is 2.81. The predicted octanol–water partition coefficient (Wildman–Crippen LogP) is 3.01. The van der Waals surface area contributed by atoms with Crippen LogP contribution >= 0.6 is 0 Å². The Morgan fingerprint density at radius 1 is 1.35 bits per heavy atom. The van der Waals surface area contributed by atoms with E-state index in [1.165, 1.54) is 7.11 Å². The van der Waals surface area contributed by atoms with E-state index in [1.54, 1.807) is 22.6 Å². The number of hydrogen-bond acceptors (Lipinski definition) is 4. The van der Waals surface area contributed by atoms with Crippen molar-refractivity contribution in [3.05, 3.63) is 65.1 Å². The second-order valence-corrected chi connectivity index (χ2v) is 5.05. The highest BCUT2D eigenvalue weighted by molar-refractivity contribution is 6.09. The minimum absolute atomic E-state index is 0.153. The summed E-state index contributed by atoms with van der Waals surface area (Å²) >= 11 is 0. The number of nitriles is 1. The SMILES string of the molecule is CCc1nc2ccccn2c1C(=O)c1ccc(OC)c(C#N)c1. The molecule has 3 aromatic rings. The first kappa shape index (κ1) is 14.8. The maximum atomic E-state index is 13.0. The minimum atomic E-state index is -0.153. The lowest BCUT2D eigenvalue weighted by Gasteiger charge is -2.06. The van der Waals surface area contributed by atoms with Gasteiger partial charge in [-0.3, -0.25) is 9.20 Å². The molecule has 0 radical (unpaired) electrons. The summed E-state index contributed by atoms with van der Waals surface area (Å²) in [4.78, 5) is 17.5. The van der Waals surface area contributed by atoms with Crippen LogP contribution < -0.4 is 4.74 Å². The van der Waals surface area contributed by atoms with Gasteiger partial charge in [0.15, 0.2) is 0 Å². The molecule has 0 aliphatic rings. The molecular formula is C18H15N3O2. The Bertz CT molecular complexity index is 935. The molecule has 5 nitrogen and oxygen atoms in total. The first-order chi connectivity index (χ1) is 11.2. The number of pyridine rings is 1. The number of imidazole rings is 1. The molecule has 0 amide bonds. The van der Waals surface area contributed by atoms with E-state index in [9.17, 15) is 10.1 Å². The third-order valence-corrected chi connectivity index (χ3v) is 3.73. The molecule has 2 aromatic heterocycles. The molecule has 3 rings (SSSR count). The first-order valence-corrected chi connectivity index (χ1v) is 7.28. The number of carbonyl (C=O) groups is 1. The maximum absolute atomic E-state index is 13.0. The third kappa shape index (κ3) is 2.44. The molecule has 0 N–H and O–H groups in total. The van der Waals surface area contributed by atoms with Gasteiger partial charge in [-0.2, -0.15) is 5.26 Å². The zero-order valence-corrected chi connectivity index (χ0v) is 12.9. The Labute approximate surface area is 133 Å². The zero-order chi connectivity index (χ0) is 16.4. The fourth-order valence-corrected chi connectivity index (χ4v) is 2.60. The van der Waals surface area contributed by atoms with Crippen molar-refractivity contribution >= 4 is 11.4 Å². The summed E-state index contributed by atoms with van der Waals surface area (Å²) < 4.78 is 6.91. The topological polar surface area (TPSA) is 67.4 Å². The van der Waals surface area contributed by atoms with Crippen LogP contribution in [0.5, 0.6) is 5.75 Å². The first-order valence-electron chi connectivity index (χ1n) is 7.28. The maximum Gasteiger partial charge on any atom is 0.211 e. The minimum Gasteiger partial charge on any atom is -0.495 e. The summed E-state index contributed by atoms with van der Waals surface area (Å²) in [6.07, 6.45) is 2.48. The van der Waals surface area contributed by atoms with Crippen LogP contribution in [0.15, 0.2) is 42.6 Å². The van der Waals surface area contributed by atoms with Gasteiger partial charge >= 0.3 is 0 Å². The Kier molecular flexibility index (Phi) is 3.82. The highest BCUT2D eigenvalue weighted by Gasteiger charge is 2.20. The van der Waals surface area contributed by atoms with E-state index in [0.29, 0.717) is 29.0 Å². The lowest BCUT2D eigenvalue weighted by Crippen LogP contribution is -2.08. The van der Waals surface area contributed by atoms with Crippen molar-refractivity contribution in [2.24, 2.45) is 0 Å². The average molecular weight is 305 g/mol. The molecule has 0 unspecified atom stereocenters. The summed E-state index contributed by atoms with van der Waals surface area (Å²) in [5, 5.41) is 9.20. The van der Waals surface area contributed by atoms with Crippen molar-refractivity contribution < 1.29 is 9.53 Å². The van der Waals surface area contributed by atoms with Gasteiger partial charge in [-0.05, 0) is 36.8 Å². The summed E-state index contributed by atoms with van der Waals surface area (Å²) in [7, 11) is 1.50. The fraction of sp³-hybridized carbons (Fsp3) is 0.167. The second kappa shape index (κ2) is 5.93. The van der Waals surface area contributed by atoms with Crippen molar-refractivity contribution in [2.45, 2.75) is 13.3 Å². The predicted molar refractivity (Wildman–Crippen MR) is 85.7 cm³/mol. The summed E-state index contributed by atoms with van der Waals surface area (Å²) in [6.45, 7) is 1.97. The third-order valence-electron chi connectivity index (χ3n) is 3.73. The van der Waals surface area contributed by atoms with Gasteiger partial charge in [0.05, 0.1) is 18.4 Å². The molecule has 0 aliphatic heterocycles. The van der Waals surface area contributed by atoms with Gasteiger partial charge < -0.3 is 4.74 Å². The van der Waals surface area contributed by atoms with Crippen LogP contribution in [0.1, 0.15) is 34.2 Å². The highest BCUT2D eigenvalue weighted by Crippen LogP contribution is 2.23. The lowest BCUT2D eigenvalue weighted by atomic mass is 10.0. The van der Waals surface area contributed by atoms with E-state index in [2.05, 4.69) is 11.1 Å². The number of hydrogen-bond donors (Lipinski definition) is 0. The van der Waals surface area contributed by atoms with Crippen LogP contribution in [0.25, 0.3) is 5.65 Å². The van der Waals surface area contributed by atoms with E-state index >= 15 is 0 Å². The lowest BCUT2D eigenvalue weighted by molar-refractivity contribution is 0.103. The van der Waals surface area contributed by atoms with Gasteiger partial charge in [0.2, 0.25) is 5.78 Å². The Hall–Kier alpha value is -3.13. The highest BCUT2D eigenvalue weighted by atomic mass is 16.5. The van der Waals surface area contributed by atoms with Crippen LogP contribution in [-0.2, 0) is 6.42 Å². The number of nitrogens with zero attached hydrogens (tertiary/aromatic N) is 3. The van der Waals surface area contributed by atoms with Crippen LogP contribution in [-0.4, -0.2) is 22.3 Å². The van der Waals surface area contributed by atoms with E-state index in [4.69, 9.17) is 4.74 Å². The molecule has 1 aromatic carbocycles. The Morgan fingerprint density at radius 2 is 2.17 bits per heavy atom. The summed E-state index contributed by atoms with van der Waals surface area (Å²) in [5.74, 6) is 0.303. The van der Waals surface area contributed by atoms with Gasteiger partial charge in [0, 0.05) is 11.8 Å². The van der Waals surface area contributed by atoms with Gasteiger partial charge in [0.1, 0.15) is 23.2 Å². The van der Waals surface area contributed by atoms with Crippen LogP contribution in [0.2, 0.25) is 0 Å². The molecule has 0 saturated heterocycles. The number of fused-ring (bicyclic) bond motifs is 1. The largest absolute Gasteiger partial charge is 0.495 e. The number of carbonyl (C=O) groups excluding carboxylic acids is 1. The van der Waals surface area contributed by atoms with Gasteiger partial charge in [-0.1, -0.05) is 13.0 Å². The van der Waals surface area contributed by atoms with E-state index in [1.807, 2.05) is 31.3 Å². The fourth-order valence-electron chi connectivity index (χ4n) is 2.60. The van der Waals surface area contributed by atoms with Gasteiger partial charge in [-0.25, -0.2) is 4.98 Å². The molecule has 0 saturated carbocycles. The second-order valence-electron chi connectivity index (χ2n) is 5.05. The van der Waals surface area contributed by atoms with E-state index < -0.39 is 0 Å². The van der Waals surface area contributed by atoms with Crippen molar-refractivity contribution in [3.8, 4) is 11.8 Å². The zero-order valence-electron chi connectivity index (χ0n) is 12.9. The molecule has 2 heterocycles. The van der Waals surface area contributed by atoms with E-state index in [-0.39, 0.29) is 5.78 Å². The molecule has 114 valence electrons. The van der Waals surface area contributed by atoms with Crippen molar-refractivity contribution in [2.75, 3.05) is 7.11 Å². The number of benzene rings is 1. The average Bonchev–Trinajstić information content (AvgIpc) is 2.99. The number of methoxy groups -OCH3 is 1. The molecule has 0 atom stereocenters. The molecular weight excluding hydrogens is 290 g/mol. The van der Waals surface area contributed by atoms with Gasteiger partial charge in [-0.15, -0.1) is 0 Å². The normalized spacial score (nSPS) is 10.5. The van der Waals surface area contributed by atoms with Crippen LogP contribution in [0.4, 0.5) is 0 Å². The van der Waals surface area contributed by atoms with Crippen LogP contribution in [0.3, 0.4) is 0 Å². The molecule has 0 aliphatic carbocycles. The molecule has 0 spiro atoms. The van der Waals surface area contributed by atoms with Gasteiger partial charge in [0.25, 0.3) is 0 Å². The number of aryl methyl sites for hydroxylation is 1. The Balaban J connectivity index is 2.16. The number of ether oxygens (including phenoxy) is 1. The summed E-state index contributed by atoms with van der Waals surface area (Å²) in [6, 6.07) is 12.5. The quantitative estimate of drug-likeness (QED) is 0.695. The molecule has 23 heavy (non-hydrogen) atoms. The van der Waals surface area contributed by atoms with Crippen molar-refractivity contribution in [1.82, 2.24) is 9.38 Å². The van der Waals surface area contributed by atoms with Crippen molar-refractivity contribution in [1.29, 1.82) is 5.26 Å². The Morgan fingerprint density at radius 3 is 2.87 bits per heavy atom. The monoisotopic (exact) mass is 305 g/mol. The van der Waals surface area contributed by atoms with Crippen LogP contribution in [0, 0.1) is 11.3 Å². The smallest absolute Gasteiger partial charge is 0.211 e. The standard InChI is InChI=1S/C18H15N3O2/c1-3-14-17(21-9-5-4-6-16(21)20-14)18(22)12-7-8-15(23-2)13(10-12)11-19/h4-10H,3H2,1-2H3. The van der Waals surface area contributed by atoms with E-state index in [0.717, 1.165) is 11.3 Å².